The van der Waals surface area contributed by atoms with Crippen LogP contribution in [0.2, 0.25) is 0 Å². The van der Waals surface area contributed by atoms with E-state index in [2.05, 4.69) is 22.0 Å². The van der Waals surface area contributed by atoms with Gasteiger partial charge in [0.1, 0.15) is 11.2 Å². The summed E-state index contributed by atoms with van der Waals surface area (Å²) in [5, 5.41) is 0.950. The first-order valence-corrected chi connectivity index (χ1v) is 4.97. The molecule has 13 heavy (non-hydrogen) atoms. The number of aryl methyl sites for hydroxylation is 1. The molecule has 0 amide bonds. The second-order valence-electron chi connectivity index (χ2n) is 3.08. The fraction of sp³-hybridized carbons (Fsp3) is 0.300. The molecule has 0 fully saturated rings. The minimum Gasteiger partial charge on any atom is -0.460 e. The first kappa shape index (κ1) is 8.75. The SMILES string of the molecule is Cc1oc2c(c1C=O)=CCCC=2Br. The van der Waals surface area contributed by atoms with Gasteiger partial charge >= 0.3 is 0 Å². The summed E-state index contributed by atoms with van der Waals surface area (Å²) in [7, 11) is 0. The van der Waals surface area contributed by atoms with Crippen molar-refractivity contribution >= 4 is 32.8 Å². The predicted octanol–water partition coefficient (Wildman–Crippen LogP) is 1.48. The Labute approximate surface area is 84.1 Å². The van der Waals surface area contributed by atoms with Crippen LogP contribution in [0.5, 0.6) is 0 Å². The first-order valence-electron chi connectivity index (χ1n) is 4.17. The van der Waals surface area contributed by atoms with Crippen LogP contribution >= 0.6 is 15.9 Å². The Balaban J connectivity index is 2.93. The van der Waals surface area contributed by atoms with Crippen molar-refractivity contribution in [2.45, 2.75) is 19.8 Å². The van der Waals surface area contributed by atoms with Gasteiger partial charge in [0, 0.05) is 9.70 Å². The number of hydrogen-bond donors (Lipinski definition) is 0. The van der Waals surface area contributed by atoms with Crippen molar-refractivity contribution in [2.24, 2.45) is 0 Å². The van der Waals surface area contributed by atoms with E-state index in [0.717, 1.165) is 34.2 Å². The number of rotatable bonds is 1. The Bertz CT molecular complexity index is 468. The van der Waals surface area contributed by atoms with E-state index >= 15 is 0 Å². The van der Waals surface area contributed by atoms with E-state index in [1.807, 2.05) is 6.92 Å². The lowest BCUT2D eigenvalue weighted by molar-refractivity contribution is 0.112. The maximum absolute atomic E-state index is 10.8. The van der Waals surface area contributed by atoms with Crippen LogP contribution in [0.1, 0.15) is 29.0 Å². The predicted molar refractivity (Wildman–Crippen MR) is 54.1 cm³/mol. The van der Waals surface area contributed by atoms with Gasteiger partial charge in [0.05, 0.1) is 5.56 Å². The molecule has 68 valence electrons. The third-order valence-corrected chi connectivity index (χ3v) is 3.00. The Hall–Kier alpha value is -0.830. The van der Waals surface area contributed by atoms with E-state index in [-0.39, 0.29) is 0 Å². The third kappa shape index (κ3) is 1.27. The molecule has 0 aromatic carbocycles. The van der Waals surface area contributed by atoms with Crippen LogP contribution in [0.25, 0.3) is 10.6 Å². The fourth-order valence-electron chi connectivity index (χ4n) is 1.58. The molecule has 0 N–H and O–H groups in total. The van der Waals surface area contributed by atoms with Crippen molar-refractivity contribution in [3.8, 4) is 0 Å². The topological polar surface area (TPSA) is 30.2 Å². The van der Waals surface area contributed by atoms with Gasteiger partial charge in [-0.2, -0.15) is 0 Å². The minimum atomic E-state index is 0.687. The Morgan fingerprint density at radius 2 is 2.38 bits per heavy atom. The zero-order valence-corrected chi connectivity index (χ0v) is 8.85. The van der Waals surface area contributed by atoms with Crippen molar-refractivity contribution in [3.63, 3.8) is 0 Å². The Kier molecular flexibility index (Phi) is 2.12. The van der Waals surface area contributed by atoms with Gasteiger partial charge < -0.3 is 4.42 Å². The van der Waals surface area contributed by atoms with Gasteiger partial charge in [0.25, 0.3) is 0 Å². The van der Waals surface area contributed by atoms with Crippen molar-refractivity contribution in [1.82, 2.24) is 0 Å². The number of halogens is 1. The maximum Gasteiger partial charge on any atom is 0.154 e. The monoisotopic (exact) mass is 240 g/mol. The van der Waals surface area contributed by atoms with E-state index < -0.39 is 0 Å². The van der Waals surface area contributed by atoms with E-state index in [1.54, 1.807) is 0 Å². The van der Waals surface area contributed by atoms with E-state index in [9.17, 15) is 4.79 Å². The molecule has 0 spiro atoms. The average Bonchev–Trinajstić information content (AvgIpc) is 2.43. The summed E-state index contributed by atoms with van der Waals surface area (Å²) >= 11 is 3.45. The van der Waals surface area contributed by atoms with Crippen molar-refractivity contribution in [1.29, 1.82) is 0 Å². The smallest absolute Gasteiger partial charge is 0.154 e. The zero-order chi connectivity index (χ0) is 9.42. The molecule has 2 nitrogen and oxygen atoms in total. The second-order valence-corrected chi connectivity index (χ2v) is 4.04. The largest absolute Gasteiger partial charge is 0.460 e. The number of carbonyl (C=O) groups excluding carboxylic acids is 1. The fourth-order valence-corrected chi connectivity index (χ4v) is 2.11. The Morgan fingerprint density at radius 3 is 3.08 bits per heavy atom. The summed E-state index contributed by atoms with van der Waals surface area (Å²) in [6.45, 7) is 1.82. The quantitative estimate of drug-likeness (QED) is 0.697. The maximum atomic E-state index is 10.8. The van der Waals surface area contributed by atoms with Crippen molar-refractivity contribution in [3.05, 3.63) is 22.0 Å². The molecule has 0 saturated carbocycles. The molecule has 0 atom stereocenters. The van der Waals surface area contributed by atoms with Gasteiger partial charge in [0.15, 0.2) is 6.29 Å². The van der Waals surface area contributed by atoms with Crippen LogP contribution in [0.4, 0.5) is 0 Å². The molecule has 0 unspecified atom stereocenters. The van der Waals surface area contributed by atoms with Crippen LogP contribution in [0.15, 0.2) is 4.42 Å². The number of fused-ring (bicyclic) bond motifs is 1. The van der Waals surface area contributed by atoms with Gasteiger partial charge in [0.2, 0.25) is 0 Å². The normalized spacial score (nSPS) is 15.1. The molecule has 1 aromatic heterocycles. The molecule has 3 heteroatoms. The molecule has 2 rings (SSSR count). The van der Waals surface area contributed by atoms with Gasteiger partial charge in [-0.05, 0) is 19.8 Å². The summed E-state index contributed by atoms with van der Waals surface area (Å²) in [4.78, 5) is 10.8. The molecule has 0 saturated heterocycles. The highest BCUT2D eigenvalue weighted by molar-refractivity contribution is 9.14. The second kappa shape index (κ2) is 3.14. The lowest BCUT2D eigenvalue weighted by atomic mass is 10.1. The molecule has 0 bridgehead atoms. The molecule has 1 aliphatic carbocycles. The van der Waals surface area contributed by atoms with E-state index in [1.165, 1.54) is 0 Å². The Morgan fingerprint density at radius 1 is 1.62 bits per heavy atom. The highest BCUT2D eigenvalue weighted by Crippen LogP contribution is 2.15. The molecule has 1 heterocycles. The molecule has 1 aromatic rings. The van der Waals surface area contributed by atoms with Gasteiger partial charge in [-0.3, -0.25) is 4.79 Å². The van der Waals surface area contributed by atoms with Crippen LogP contribution in [0.3, 0.4) is 0 Å². The van der Waals surface area contributed by atoms with Gasteiger partial charge in [-0.15, -0.1) is 0 Å². The van der Waals surface area contributed by atoms with Gasteiger partial charge in [-0.1, -0.05) is 22.0 Å². The lowest BCUT2D eigenvalue weighted by Crippen LogP contribution is -2.26. The zero-order valence-electron chi connectivity index (χ0n) is 7.26. The molecule has 0 aliphatic heterocycles. The molecule has 0 radical (unpaired) electrons. The average molecular weight is 241 g/mol. The highest BCUT2D eigenvalue weighted by atomic mass is 79.9. The number of hydrogen-bond acceptors (Lipinski definition) is 2. The highest BCUT2D eigenvalue weighted by Gasteiger charge is 2.11. The first-order chi connectivity index (χ1) is 6.24. The number of furan rings is 1. The molecule has 1 aliphatic rings. The summed E-state index contributed by atoms with van der Waals surface area (Å²) in [5.41, 5.74) is 1.51. The summed E-state index contributed by atoms with van der Waals surface area (Å²) < 4.78 is 6.55. The summed E-state index contributed by atoms with van der Waals surface area (Å²) in [5.74, 6) is 0.704. The van der Waals surface area contributed by atoms with Crippen LogP contribution in [-0.2, 0) is 0 Å². The van der Waals surface area contributed by atoms with Crippen molar-refractivity contribution in [2.75, 3.05) is 0 Å². The number of aldehydes is 1. The van der Waals surface area contributed by atoms with Crippen LogP contribution in [0, 0.1) is 6.92 Å². The van der Waals surface area contributed by atoms with Crippen LogP contribution in [-0.4, -0.2) is 6.29 Å². The standard InChI is InChI=1S/C10H9BrO2/c1-6-8(5-12)7-3-2-4-9(11)10(7)13-6/h3,5H,2,4H2,1H3. The summed E-state index contributed by atoms with van der Waals surface area (Å²) in [6.07, 6.45) is 4.84. The minimum absolute atomic E-state index is 0.687. The number of carbonyl (C=O) groups is 1. The summed E-state index contributed by atoms with van der Waals surface area (Å²) in [6, 6.07) is 0. The third-order valence-electron chi connectivity index (χ3n) is 2.25. The van der Waals surface area contributed by atoms with Gasteiger partial charge in [-0.25, -0.2) is 0 Å². The van der Waals surface area contributed by atoms with Crippen LogP contribution < -0.4 is 10.6 Å². The van der Waals surface area contributed by atoms with E-state index in [0.29, 0.717) is 11.3 Å². The molecular weight excluding hydrogens is 232 g/mol. The van der Waals surface area contributed by atoms with E-state index in [4.69, 9.17) is 4.42 Å². The van der Waals surface area contributed by atoms with Crippen molar-refractivity contribution < 1.29 is 9.21 Å². The molecular formula is C10H9BrO2. The lowest BCUT2D eigenvalue weighted by Gasteiger charge is -1.98.